The van der Waals surface area contributed by atoms with Crippen LogP contribution in [0.25, 0.3) is 33.4 Å². The molecule has 1 aliphatic rings. The van der Waals surface area contributed by atoms with Crippen LogP contribution in [0.4, 0.5) is 8.78 Å². The first-order chi connectivity index (χ1) is 13.4. The number of halogens is 2. The highest BCUT2D eigenvalue weighted by molar-refractivity contribution is 5.97. The molecule has 0 unspecified atom stereocenters. The Hall–Kier alpha value is -3.20. The molecule has 0 amide bonds. The number of H-pyrrole nitrogens is 1. The van der Waals surface area contributed by atoms with Crippen LogP contribution < -0.4 is 0 Å². The van der Waals surface area contributed by atoms with Gasteiger partial charge in [-0.05, 0) is 25.5 Å². The van der Waals surface area contributed by atoms with E-state index in [0.717, 1.165) is 29.0 Å². The molecule has 0 fully saturated rings. The number of rotatable bonds is 2. The number of aromatic amines is 1. The second-order valence-electron chi connectivity index (χ2n) is 7.35. The fourth-order valence-corrected chi connectivity index (χ4v) is 3.61. The Labute approximate surface area is 158 Å². The average Bonchev–Trinajstić information content (AvgIpc) is 3.24. The van der Waals surface area contributed by atoms with Crippen LogP contribution in [0.5, 0.6) is 0 Å². The Balaban J connectivity index is 1.85. The van der Waals surface area contributed by atoms with Crippen LogP contribution in [0.2, 0.25) is 0 Å². The number of ether oxygens (including phenoxy) is 1. The number of pyridine rings is 2. The molecule has 0 aliphatic carbocycles. The van der Waals surface area contributed by atoms with E-state index in [4.69, 9.17) is 4.74 Å². The summed E-state index contributed by atoms with van der Waals surface area (Å²) < 4.78 is 36.9. The monoisotopic (exact) mass is 382 g/mol. The molecule has 0 bridgehead atoms. The Morgan fingerprint density at radius 2 is 1.93 bits per heavy atom. The molecule has 0 radical (unpaired) electrons. The van der Waals surface area contributed by atoms with Crippen LogP contribution in [0.1, 0.15) is 19.5 Å². The van der Waals surface area contributed by atoms with Gasteiger partial charge in [0.2, 0.25) is 0 Å². The van der Waals surface area contributed by atoms with Crippen molar-refractivity contribution in [3.05, 3.63) is 48.2 Å². The van der Waals surface area contributed by atoms with E-state index in [9.17, 15) is 8.78 Å². The zero-order valence-electron chi connectivity index (χ0n) is 15.2. The summed E-state index contributed by atoms with van der Waals surface area (Å²) in [4.78, 5) is 7.83. The molecule has 142 valence electrons. The van der Waals surface area contributed by atoms with Gasteiger partial charge < -0.3 is 4.74 Å². The highest BCUT2D eigenvalue weighted by atomic mass is 19.1. The summed E-state index contributed by atoms with van der Waals surface area (Å²) in [5, 5.41) is 12.2. The number of hydrogen-bond donors (Lipinski definition) is 1. The normalized spacial score (nSPS) is 15.7. The molecule has 0 saturated heterocycles. The third-order valence-electron chi connectivity index (χ3n) is 4.90. The van der Waals surface area contributed by atoms with Crippen molar-refractivity contribution in [3.63, 3.8) is 0 Å². The van der Waals surface area contributed by atoms with Gasteiger partial charge in [-0.15, -0.1) is 0 Å². The first-order valence-corrected chi connectivity index (χ1v) is 8.76. The largest absolute Gasteiger partial charge is 0.367 e. The van der Waals surface area contributed by atoms with Gasteiger partial charge in [-0.2, -0.15) is 10.2 Å². The third kappa shape index (κ3) is 2.50. The third-order valence-corrected chi connectivity index (χ3v) is 4.90. The van der Waals surface area contributed by atoms with Gasteiger partial charge in [0, 0.05) is 17.1 Å². The summed E-state index contributed by atoms with van der Waals surface area (Å²) >= 11 is 0. The standard InChI is InChI=1S/C19H16F2N6O/c1-19(2)9-27-14(8-28-19)15(10-3-4-23-18-11(10)5-24-25-18)17(26-27)16-12(20)6-22-7-13(16)21/h3-7H,8-9H2,1-2H3,(H,23,24,25). The van der Waals surface area contributed by atoms with Gasteiger partial charge in [0.25, 0.3) is 0 Å². The van der Waals surface area contributed by atoms with Crippen molar-refractivity contribution in [2.24, 2.45) is 0 Å². The lowest BCUT2D eigenvalue weighted by Gasteiger charge is -2.31. The Morgan fingerprint density at radius 1 is 1.14 bits per heavy atom. The van der Waals surface area contributed by atoms with Crippen molar-refractivity contribution in [1.29, 1.82) is 0 Å². The van der Waals surface area contributed by atoms with Gasteiger partial charge in [0.05, 0.1) is 48.6 Å². The van der Waals surface area contributed by atoms with Gasteiger partial charge in [-0.25, -0.2) is 13.8 Å². The summed E-state index contributed by atoms with van der Waals surface area (Å²) in [5.41, 5.74) is 2.23. The topological polar surface area (TPSA) is 81.5 Å². The van der Waals surface area contributed by atoms with Crippen LogP contribution >= 0.6 is 0 Å². The minimum Gasteiger partial charge on any atom is -0.367 e. The van der Waals surface area contributed by atoms with E-state index in [1.54, 1.807) is 23.1 Å². The van der Waals surface area contributed by atoms with Gasteiger partial charge in [0.15, 0.2) is 17.3 Å². The molecule has 0 aromatic carbocycles. The fourth-order valence-electron chi connectivity index (χ4n) is 3.61. The summed E-state index contributed by atoms with van der Waals surface area (Å²) in [6, 6.07) is 1.79. The van der Waals surface area contributed by atoms with Crippen LogP contribution in [0, 0.1) is 11.6 Å². The molecule has 5 rings (SSSR count). The van der Waals surface area contributed by atoms with Crippen LogP contribution in [0.15, 0.2) is 30.9 Å². The van der Waals surface area contributed by atoms with Crippen molar-refractivity contribution < 1.29 is 13.5 Å². The minimum absolute atomic E-state index is 0.210. The second kappa shape index (κ2) is 5.90. The molecule has 0 atom stereocenters. The van der Waals surface area contributed by atoms with E-state index in [0.29, 0.717) is 17.8 Å². The molecule has 1 N–H and O–H groups in total. The molecule has 9 heteroatoms. The molecule has 28 heavy (non-hydrogen) atoms. The zero-order chi connectivity index (χ0) is 19.5. The minimum atomic E-state index is -0.769. The van der Waals surface area contributed by atoms with Crippen molar-refractivity contribution in [1.82, 2.24) is 29.9 Å². The van der Waals surface area contributed by atoms with Gasteiger partial charge >= 0.3 is 0 Å². The highest BCUT2D eigenvalue weighted by Crippen LogP contribution is 2.41. The van der Waals surface area contributed by atoms with E-state index >= 15 is 0 Å². The number of hydrogen-bond acceptors (Lipinski definition) is 5. The van der Waals surface area contributed by atoms with E-state index in [-0.39, 0.29) is 17.9 Å². The Bertz CT molecular complexity index is 1190. The van der Waals surface area contributed by atoms with E-state index < -0.39 is 17.2 Å². The Morgan fingerprint density at radius 3 is 2.71 bits per heavy atom. The zero-order valence-corrected chi connectivity index (χ0v) is 15.2. The molecule has 0 saturated carbocycles. The van der Waals surface area contributed by atoms with Gasteiger partial charge in [-0.1, -0.05) is 0 Å². The van der Waals surface area contributed by atoms with Gasteiger partial charge in [0.1, 0.15) is 5.69 Å². The van der Waals surface area contributed by atoms with E-state index in [1.165, 1.54) is 0 Å². The predicted octanol–water partition coefficient (Wildman–Crippen LogP) is 3.47. The molecule has 5 heterocycles. The average molecular weight is 382 g/mol. The second-order valence-corrected chi connectivity index (χ2v) is 7.35. The molecule has 1 aliphatic heterocycles. The SMILES string of the molecule is CC1(C)Cn2nc(-c3c(F)cncc3F)c(-c3ccnc4[nH]ncc34)c2CO1. The summed E-state index contributed by atoms with van der Waals surface area (Å²) in [6.07, 6.45) is 5.23. The number of fused-ring (bicyclic) bond motifs is 2. The lowest BCUT2D eigenvalue weighted by molar-refractivity contribution is -0.0657. The Kier molecular flexibility index (Phi) is 3.57. The predicted molar refractivity (Wildman–Crippen MR) is 97.1 cm³/mol. The van der Waals surface area contributed by atoms with Crippen LogP contribution in [0.3, 0.4) is 0 Å². The summed E-state index contributed by atoms with van der Waals surface area (Å²) in [7, 11) is 0. The molecular formula is C19H16F2N6O. The van der Waals surface area contributed by atoms with E-state index in [1.807, 2.05) is 13.8 Å². The first kappa shape index (κ1) is 16.9. The molecule has 7 nitrogen and oxygen atoms in total. The lowest BCUT2D eigenvalue weighted by atomic mass is 9.97. The number of nitrogens with one attached hydrogen (secondary N) is 1. The molecular weight excluding hydrogens is 366 g/mol. The maximum Gasteiger partial charge on any atom is 0.155 e. The number of nitrogens with zero attached hydrogens (tertiary/aromatic N) is 5. The summed E-state index contributed by atoms with van der Waals surface area (Å²) in [6.45, 7) is 4.63. The van der Waals surface area contributed by atoms with Crippen molar-refractivity contribution in [2.75, 3.05) is 0 Å². The maximum absolute atomic E-state index is 14.6. The van der Waals surface area contributed by atoms with Crippen molar-refractivity contribution >= 4 is 11.0 Å². The quantitative estimate of drug-likeness (QED) is 0.574. The lowest BCUT2D eigenvalue weighted by Crippen LogP contribution is -2.36. The highest BCUT2D eigenvalue weighted by Gasteiger charge is 2.33. The number of aromatic nitrogens is 6. The molecule has 0 spiro atoms. The van der Waals surface area contributed by atoms with Crippen molar-refractivity contribution in [2.45, 2.75) is 32.6 Å². The van der Waals surface area contributed by atoms with Crippen molar-refractivity contribution in [3.8, 4) is 22.4 Å². The fraction of sp³-hybridized carbons (Fsp3) is 0.263. The summed E-state index contributed by atoms with van der Waals surface area (Å²) in [5.74, 6) is -1.54. The van der Waals surface area contributed by atoms with Crippen LogP contribution in [-0.4, -0.2) is 35.5 Å². The van der Waals surface area contributed by atoms with E-state index in [2.05, 4.69) is 25.3 Å². The first-order valence-electron chi connectivity index (χ1n) is 8.76. The van der Waals surface area contributed by atoms with Crippen LogP contribution in [-0.2, 0) is 17.9 Å². The maximum atomic E-state index is 14.6. The molecule has 4 aromatic rings. The molecule has 4 aromatic heterocycles. The van der Waals surface area contributed by atoms with Gasteiger partial charge in [-0.3, -0.25) is 14.8 Å². The smallest absolute Gasteiger partial charge is 0.155 e.